The molecule has 1 fully saturated rings. The number of hydrogen-bond acceptors (Lipinski definition) is 4. The lowest BCUT2D eigenvalue weighted by atomic mass is 10.1. The van der Waals surface area contributed by atoms with Gasteiger partial charge in [0.1, 0.15) is 0 Å². The van der Waals surface area contributed by atoms with Crippen LogP contribution in [-0.4, -0.2) is 26.2 Å². The van der Waals surface area contributed by atoms with E-state index in [0.29, 0.717) is 16.8 Å². The largest absolute Gasteiger partial charge is 0.349 e. The Morgan fingerprint density at radius 3 is 2.33 bits per heavy atom. The number of sulfonamides is 1. The van der Waals surface area contributed by atoms with Gasteiger partial charge < -0.3 is 5.32 Å². The SMILES string of the molecule is CC(=O)c1cccc(NS(=O)(=O)c2cccc(C(=O)NC3CCCC3)c2)c1. The molecule has 0 heterocycles. The van der Waals surface area contributed by atoms with Crippen LogP contribution in [0.1, 0.15) is 53.3 Å². The van der Waals surface area contributed by atoms with E-state index in [0.717, 1.165) is 25.7 Å². The molecule has 0 unspecified atom stereocenters. The summed E-state index contributed by atoms with van der Waals surface area (Å²) >= 11 is 0. The molecule has 0 bridgehead atoms. The molecule has 0 radical (unpaired) electrons. The molecule has 2 aromatic rings. The Morgan fingerprint density at radius 2 is 1.63 bits per heavy atom. The molecule has 0 aliphatic heterocycles. The van der Waals surface area contributed by atoms with Gasteiger partial charge in [-0.15, -0.1) is 0 Å². The van der Waals surface area contributed by atoms with Gasteiger partial charge in [0.05, 0.1) is 4.90 Å². The van der Waals surface area contributed by atoms with Gasteiger partial charge in [-0.3, -0.25) is 14.3 Å². The predicted molar refractivity (Wildman–Crippen MR) is 103 cm³/mol. The van der Waals surface area contributed by atoms with E-state index in [2.05, 4.69) is 10.0 Å². The van der Waals surface area contributed by atoms with Gasteiger partial charge >= 0.3 is 0 Å². The number of anilines is 1. The van der Waals surface area contributed by atoms with E-state index in [1.807, 2.05) is 0 Å². The van der Waals surface area contributed by atoms with Crippen LogP contribution in [0.15, 0.2) is 53.4 Å². The highest BCUT2D eigenvalue weighted by Crippen LogP contribution is 2.20. The monoisotopic (exact) mass is 386 g/mol. The Morgan fingerprint density at radius 1 is 0.963 bits per heavy atom. The van der Waals surface area contributed by atoms with Crippen molar-refractivity contribution < 1.29 is 18.0 Å². The second kappa shape index (κ2) is 7.92. The molecule has 0 atom stereocenters. The normalized spacial score (nSPS) is 14.7. The van der Waals surface area contributed by atoms with Crippen LogP contribution in [0.2, 0.25) is 0 Å². The van der Waals surface area contributed by atoms with Crippen molar-refractivity contribution in [2.45, 2.75) is 43.5 Å². The molecule has 0 aromatic heterocycles. The van der Waals surface area contributed by atoms with E-state index in [1.165, 1.54) is 25.1 Å². The first kappa shape index (κ1) is 19.1. The molecular weight excluding hydrogens is 364 g/mol. The molecule has 142 valence electrons. The summed E-state index contributed by atoms with van der Waals surface area (Å²) in [5, 5.41) is 2.95. The lowest BCUT2D eigenvalue weighted by Crippen LogP contribution is -2.32. The molecule has 1 amide bonds. The number of rotatable bonds is 6. The summed E-state index contributed by atoms with van der Waals surface area (Å²) in [6.45, 7) is 1.42. The number of ketones is 1. The topological polar surface area (TPSA) is 92.3 Å². The smallest absolute Gasteiger partial charge is 0.261 e. The third-order valence-corrected chi connectivity index (χ3v) is 6.00. The highest BCUT2D eigenvalue weighted by atomic mass is 32.2. The van der Waals surface area contributed by atoms with Crippen molar-refractivity contribution in [2.24, 2.45) is 0 Å². The number of nitrogens with one attached hydrogen (secondary N) is 2. The Bertz CT molecular complexity index is 963. The quantitative estimate of drug-likeness (QED) is 0.745. The Balaban J connectivity index is 1.79. The fourth-order valence-electron chi connectivity index (χ4n) is 3.16. The van der Waals surface area contributed by atoms with Crippen molar-refractivity contribution >= 4 is 27.4 Å². The fourth-order valence-corrected chi connectivity index (χ4v) is 4.25. The van der Waals surface area contributed by atoms with Gasteiger partial charge in [0.15, 0.2) is 5.78 Å². The van der Waals surface area contributed by atoms with Crippen molar-refractivity contribution in [1.29, 1.82) is 0 Å². The van der Waals surface area contributed by atoms with Gasteiger partial charge in [-0.2, -0.15) is 0 Å². The molecule has 0 saturated heterocycles. The summed E-state index contributed by atoms with van der Waals surface area (Å²) in [6.07, 6.45) is 4.11. The summed E-state index contributed by atoms with van der Waals surface area (Å²) in [5.41, 5.74) is 1.02. The standard InChI is InChI=1S/C20H22N2O4S/c1-14(23)15-6-4-10-18(12-15)22-27(25,26)19-11-5-7-16(13-19)20(24)21-17-8-2-3-9-17/h4-7,10-13,17,22H,2-3,8-9H2,1H3,(H,21,24). The molecule has 27 heavy (non-hydrogen) atoms. The number of benzene rings is 2. The van der Waals surface area contributed by atoms with Crippen molar-refractivity contribution in [3.8, 4) is 0 Å². The number of carbonyl (C=O) groups excluding carboxylic acids is 2. The first-order valence-electron chi connectivity index (χ1n) is 8.90. The van der Waals surface area contributed by atoms with Gasteiger partial charge in [0.25, 0.3) is 15.9 Å². The minimum absolute atomic E-state index is 0.00481. The molecule has 3 rings (SSSR count). The van der Waals surface area contributed by atoms with Crippen LogP contribution >= 0.6 is 0 Å². The minimum Gasteiger partial charge on any atom is -0.349 e. The number of hydrogen-bond donors (Lipinski definition) is 2. The first-order valence-corrected chi connectivity index (χ1v) is 10.4. The van der Waals surface area contributed by atoms with E-state index in [-0.39, 0.29) is 22.6 Å². The van der Waals surface area contributed by atoms with Crippen LogP contribution in [-0.2, 0) is 10.0 Å². The highest BCUT2D eigenvalue weighted by Gasteiger charge is 2.20. The zero-order valence-electron chi connectivity index (χ0n) is 15.1. The lowest BCUT2D eigenvalue weighted by Gasteiger charge is -2.13. The zero-order valence-corrected chi connectivity index (χ0v) is 15.9. The molecule has 0 spiro atoms. The van der Waals surface area contributed by atoms with E-state index in [4.69, 9.17) is 0 Å². The summed E-state index contributed by atoms with van der Waals surface area (Å²) in [6, 6.07) is 12.4. The van der Waals surface area contributed by atoms with Gasteiger partial charge in [0, 0.05) is 22.9 Å². The van der Waals surface area contributed by atoms with E-state index < -0.39 is 10.0 Å². The summed E-state index contributed by atoms with van der Waals surface area (Å²) in [5.74, 6) is -0.417. The maximum Gasteiger partial charge on any atom is 0.261 e. The average molecular weight is 386 g/mol. The van der Waals surface area contributed by atoms with E-state index in [9.17, 15) is 18.0 Å². The van der Waals surface area contributed by atoms with Gasteiger partial charge in [-0.05, 0) is 50.1 Å². The Kier molecular flexibility index (Phi) is 5.60. The molecular formula is C20H22N2O4S. The highest BCUT2D eigenvalue weighted by molar-refractivity contribution is 7.92. The molecule has 1 aliphatic carbocycles. The van der Waals surface area contributed by atoms with Gasteiger partial charge in [0.2, 0.25) is 0 Å². The Hall–Kier alpha value is -2.67. The number of carbonyl (C=O) groups is 2. The van der Waals surface area contributed by atoms with E-state index in [1.54, 1.807) is 30.3 Å². The summed E-state index contributed by atoms with van der Waals surface area (Å²) < 4.78 is 27.8. The molecule has 2 aromatic carbocycles. The second-order valence-electron chi connectivity index (χ2n) is 6.73. The maximum atomic E-state index is 12.7. The number of Topliss-reactive ketones (excluding diaryl/α,β-unsaturated/α-hetero) is 1. The minimum atomic E-state index is -3.88. The molecule has 1 saturated carbocycles. The van der Waals surface area contributed by atoms with Crippen LogP contribution in [0, 0.1) is 0 Å². The van der Waals surface area contributed by atoms with Crippen LogP contribution in [0.4, 0.5) is 5.69 Å². The van der Waals surface area contributed by atoms with Gasteiger partial charge in [-0.25, -0.2) is 8.42 Å². The van der Waals surface area contributed by atoms with Crippen LogP contribution in [0.25, 0.3) is 0 Å². The fraction of sp³-hybridized carbons (Fsp3) is 0.300. The third-order valence-electron chi connectivity index (χ3n) is 4.62. The third kappa shape index (κ3) is 4.74. The molecule has 1 aliphatic rings. The van der Waals surface area contributed by atoms with Crippen molar-refractivity contribution in [1.82, 2.24) is 5.32 Å². The van der Waals surface area contributed by atoms with Crippen LogP contribution in [0.5, 0.6) is 0 Å². The van der Waals surface area contributed by atoms with Crippen molar-refractivity contribution in [3.63, 3.8) is 0 Å². The maximum absolute atomic E-state index is 12.7. The Labute approximate surface area is 159 Å². The summed E-state index contributed by atoms with van der Waals surface area (Å²) in [4.78, 5) is 23.9. The van der Waals surface area contributed by atoms with E-state index >= 15 is 0 Å². The van der Waals surface area contributed by atoms with Crippen LogP contribution < -0.4 is 10.0 Å². The molecule has 6 nitrogen and oxygen atoms in total. The molecule has 7 heteroatoms. The van der Waals surface area contributed by atoms with Crippen molar-refractivity contribution in [2.75, 3.05) is 4.72 Å². The molecule has 2 N–H and O–H groups in total. The summed E-state index contributed by atoms with van der Waals surface area (Å²) in [7, 11) is -3.88. The first-order chi connectivity index (χ1) is 12.8. The van der Waals surface area contributed by atoms with Crippen LogP contribution in [0.3, 0.4) is 0 Å². The lowest BCUT2D eigenvalue weighted by molar-refractivity contribution is 0.0936. The second-order valence-corrected chi connectivity index (χ2v) is 8.41. The van der Waals surface area contributed by atoms with Crippen molar-refractivity contribution in [3.05, 3.63) is 59.7 Å². The number of amides is 1. The zero-order chi connectivity index (χ0) is 19.4. The predicted octanol–water partition coefficient (Wildman–Crippen LogP) is 3.36. The van der Waals surface area contributed by atoms with Gasteiger partial charge in [-0.1, -0.05) is 31.0 Å². The average Bonchev–Trinajstić information content (AvgIpc) is 3.14.